The van der Waals surface area contributed by atoms with Crippen molar-refractivity contribution in [1.82, 2.24) is 15.0 Å². The molecular weight excluding hydrogens is 617 g/mol. The molecule has 5 aromatic carbocycles. The van der Waals surface area contributed by atoms with Crippen LogP contribution in [0.5, 0.6) is 0 Å². The Morgan fingerprint density at radius 1 is 0.531 bits per heavy atom. The molecular formula is C44H34N4S. The summed E-state index contributed by atoms with van der Waals surface area (Å²) < 4.78 is 2.41. The Hall–Kier alpha value is -5.18. The van der Waals surface area contributed by atoms with E-state index < -0.39 is 0 Å². The molecule has 0 N–H and O–H groups in total. The highest BCUT2D eigenvalue weighted by molar-refractivity contribution is 7.25. The zero-order chi connectivity index (χ0) is 32.5. The summed E-state index contributed by atoms with van der Waals surface area (Å²) in [5, 5.41) is 11.8. The van der Waals surface area contributed by atoms with Crippen LogP contribution in [0, 0.1) is 29.1 Å². The van der Waals surface area contributed by atoms with Gasteiger partial charge in [0.05, 0.1) is 11.6 Å². The first-order valence-electron chi connectivity index (χ1n) is 17.5. The molecule has 4 bridgehead atoms. The molecule has 4 aliphatic carbocycles. The number of hydrogen-bond donors (Lipinski definition) is 0. The SMILES string of the molecule is N#Cc1ccc2sc3ccc(-c4cccc(-c5nc(-c6ccccc6)nc(-c6ccc(C78C[C@H]9C[C@H](C7)C[C@@H](C8)C9)cc6)n5)c4)cc3c2c1. The minimum absolute atomic E-state index is 0.365. The van der Waals surface area contributed by atoms with Crippen molar-refractivity contribution in [2.45, 2.75) is 43.9 Å². The third-order valence-corrected chi connectivity index (χ3v) is 12.7. The summed E-state index contributed by atoms with van der Waals surface area (Å²) in [6, 6.07) is 42.8. The molecule has 2 heterocycles. The Kier molecular flexibility index (Phi) is 6.57. The molecule has 5 heteroatoms. The first kappa shape index (κ1) is 28.8. The second kappa shape index (κ2) is 11.2. The second-order valence-electron chi connectivity index (χ2n) is 14.7. The van der Waals surface area contributed by atoms with Crippen molar-refractivity contribution < 1.29 is 0 Å². The maximum Gasteiger partial charge on any atom is 0.164 e. The highest BCUT2D eigenvalue weighted by atomic mass is 32.1. The van der Waals surface area contributed by atoms with Crippen molar-refractivity contribution in [3.8, 4) is 51.4 Å². The van der Waals surface area contributed by atoms with E-state index in [1.165, 1.54) is 58.9 Å². The van der Waals surface area contributed by atoms with Crippen molar-refractivity contribution in [3.63, 3.8) is 0 Å². The van der Waals surface area contributed by atoms with E-state index in [-0.39, 0.29) is 0 Å². The second-order valence-corrected chi connectivity index (χ2v) is 15.7. The van der Waals surface area contributed by atoms with Crippen LogP contribution < -0.4 is 0 Å². The number of rotatable bonds is 5. The standard InChI is InChI=1S/C44H34N4S/c45-26-27-9-15-39-37(20-27)38-22-34(12-16-40(38)49-39)33-7-4-8-35(21-33)43-47-41(31-5-2-1-3-6-31)46-42(48-43)32-10-13-36(14-11-32)44-23-28-17-29(24-44)19-30(18-28)25-44/h1-16,20-22,28-30H,17-19,23-25H2/t28-,29-,30-,44?. The third kappa shape index (κ3) is 4.97. The Labute approximate surface area is 290 Å². The van der Waals surface area contributed by atoms with Crippen LogP contribution in [0.1, 0.15) is 49.7 Å². The van der Waals surface area contributed by atoms with Crippen LogP contribution >= 0.6 is 11.3 Å². The minimum Gasteiger partial charge on any atom is -0.208 e. The van der Waals surface area contributed by atoms with Crippen molar-refractivity contribution in [1.29, 1.82) is 5.26 Å². The predicted octanol–water partition coefficient (Wildman–Crippen LogP) is 11.2. The van der Waals surface area contributed by atoms with Gasteiger partial charge in [0.15, 0.2) is 17.5 Å². The average Bonchev–Trinajstić information content (AvgIpc) is 3.52. The number of thiophene rings is 1. The molecule has 4 nitrogen and oxygen atoms in total. The molecule has 0 saturated heterocycles. The quantitative estimate of drug-likeness (QED) is 0.186. The minimum atomic E-state index is 0.365. The van der Waals surface area contributed by atoms with Crippen LogP contribution in [0.3, 0.4) is 0 Å². The Balaban J connectivity index is 1.04. The fourth-order valence-corrected chi connectivity index (χ4v) is 10.7. The van der Waals surface area contributed by atoms with E-state index >= 15 is 0 Å². The van der Waals surface area contributed by atoms with E-state index in [2.05, 4.69) is 91.0 Å². The first-order chi connectivity index (χ1) is 24.1. The first-order valence-corrected chi connectivity index (χ1v) is 18.3. The van der Waals surface area contributed by atoms with E-state index in [4.69, 9.17) is 15.0 Å². The maximum absolute atomic E-state index is 9.51. The molecule has 2 aromatic heterocycles. The lowest BCUT2D eigenvalue weighted by Gasteiger charge is -2.57. The Morgan fingerprint density at radius 2 is 1.06 bits per heavy atom. The van der Waals surface area contributed by atoms with Crippen molar-refractivity contribution in [3.05, 3.63) is 126 Å². The lowest BCUT2D eigenvalue weighted by Crippen LogP contribution is -2.48. The molecule has 49 heavy (non-hydrogen) atoms. The molecule has 0 radical (unpaired) electrons. The van der Waals surface area contributed by atoms with Crippen LogP contribution in [-0.4, -0.2) is 15.0 Å². The van der Waals surface area contributed by atoms with Gasteiger partial charge < -0.3 is 0 Å². The summed E-state index contributed by atoms with van der Waals surface area (Å²) >= 11 is 1.76. The Bertz CT molecular complexity index is 2400. The van der Waals surface area contributed by atoms with Gasteiger partial charge >= 0.3 is 0 Å². The van der Waals surface area contributed by atoms with Crippen molar-refractivity contribution in [2.75, 3.05) is 0 Å². The van der Waals surface area contributed by atoms with Gasteiger partial charge in [-0.2, -0.15) is 5.26 Å². The summed E-state index contributed by atoms with van der Waals surface area (Å²) in [4.78, 5) is 15.2. The molecule has 236 valence electrons. The van der Waals surface area contributed by atoms with Gasteiger partial charge in [-0.1, -0.05) is 78.9 Å². The van der Waals surface area contributed by atoms with Gasteiger partial charge in [-0.05, 0) is 115 Å². The smallest absolute Gasteiger partial charge is 0.164 e. The fraction of sp³-hybridized carbons (Fsp3) is 0.227. The topological polar surface area (TPSA) is 62.5 Å². The van der Waals surface area contributed by atoms with Crippen LogP contribution in [0.25, 0.3) is 65.5 Å². The molecule has 0 spiro atoms. The van der Waals surface area contributed by atoms with Gasteiger partial charge in [0.25, 0.3) is 0 Å². The van der Waals surface area contributed by atoms with Crippen LogP contribution in [-0.2, 0) is 5.41 Å². The highest BCUT2D eigenvalue weighted by Crippen LogP contribution is 2.60. The molecule has 0 amide bonds. The largest absolute Gasteiger partial charge is 0.208 e. The zero-order valence-electron chi connectivity index (χ0n) is 27.1. The molecule has 0 atom stereocenters. The number of benzene rings is 5. The van der Waals surface area contributed by atoms with Gasteiger partial charge in [0, 0.05) is 36.9 Å². The van der Waals surface area contributed by atoms with Gasteiger partial charge in [0.2, 0.25) is 0 Å². The summed E-state index contributed by atoms with van der Waals surface area (Å²) in [5.74, 6) is 4.80. The van der Waals surface area contributed by atoms with Crippen molar-refractivity contribution in [2.24, 2.45) is 17.8 Å². The van der Waals surface area contributed by atoms with Crippen LogP contribution in [0.2, 0.25) is 0 Å². The molecule has 4 fully saturated rings. The number of aromatic nitrogens is 3. The van der Waals surface area contributed by atoms with Crippen LogP contribution in [0.15, 0.2) is 115 Å². The van der Waals surface area contributed by atoms with E-state index in [0.717, 1.165) is 51.0 Å². The third-order valence-electron chi connectivity index (χ3n) is 11.5. The van der Waals surface area contributed by atoms with E-state index in [1.54, 1.807) is 11.3 Å². The molecule has 11 rings (SSSR count). The molecule has 0 aliphatic heterocycles. The van der Waals surface area contributed by atoms with E-state index in [9.17, 15) is 5.26 Å². The van der Waals surface area contributed by atoms with E-state index in [0.29, 0.717) is 28.5 Å². The number of nitrogens with zero attached hydrogens (tertiary/aromatic N) is 4. The molecule has 4 aliphatic rings. The average molecular weight is 651 g/mol. The molecule has 0 unspecified atom stereocenters. The number of nitriles is 1. The van der Waals surface area contributed by atoms with Gasteiger partial charge in [-0.15, -0.1) is 11.3 Å². The molecule has 4 saturated carbocycles. The zero-order valence-corrected chi connectivity index (χ0v) is 28.0. The van der Waals surface area contributed by atoms with E-state index in [1.807, 2.05) is 30.3 Å². The van der Waals surface area contributed by atoms with Gasteiger partial charge in [-0.25, -0.2) is 15.0 Å². The van der Waals surface area contributed by atoms with Crippen LogP contribution in [0.4, 0.5) is 0 Å². The summed E-state index contributed by atoms with van der Waals surface area (Å²) in [6.45, 7) is 0. The lowest BCUT2D eigenvalue weighted by molar-refractivity contribution is -0.00518. The van der Waals surface area contributed by atoms with Gasteiger partial charge in [-0.3, -0.25) is 0 Å². The maximum atomic E-state index is 9.51. The number of fused-ring (bicyclic) bond motifs is 3. The van der Waals surface area contributed by atoms with Crippen molar-refractivity contribution >= 4 is 31.5 Å². The Morgan fingerprint density at radius 3 is 1.73 bits per heavy atom. The molecule has 7 aromatic rings. The highest BCUT2D eigenvalue weighted by Gasteiger charge is 2.51. The van der Waals surface area contributed by atoms with Gasteiger partial charge in [0.1, 0.15) is 0 Å². The fourth-order valence-electron chi connectivity index (χ4n) is 9.65. The summed E-state index contributed by atoms with van der Waals surface area (Å²) in [5.41, 5.74) is 7.72. The lowest BCUT2D eigenvalue weighted by atomic mass is 9.48. The summed E-state index contributed by atoms with van der Waals surface area (Å²) in [6.07, 6.45) is 8.45. The monoisotopic (exact) mass is 650 g/mol. The summed E-state index contributed by atoms with van der Waals surface area (Å²) in [7, 11) is 0. The number of hydrogen-bond acceptors (Lipinski definition) is 5. The predicted molar refractivity (Wildman–Crippen MR) is 199 cm³/mol. The normalized spacial score (nSPS) is 22.5.